The Morgan fingerprint density at radius 3 is 2.62 bits per heavy atom. The molecule has 0 unspecified atom stereocenters. The van der Waals surface area contributed by atoms with E-state index in [4.69, 9.17) is 0 Å². The molecule has 0 aromatic carbocycles. The Morgan fingerprint density at radius 2 is 2.05 bits per heavy atom. The smallest absolute Gasteiger partial charge is 0.324 e. The van der Waals surface area contributed by atoms with E-state index in [2.05, 4.69) is 20.6 Å². The monoisotopic (exact) mass is 322 g/mol. The second kappa shape index (κ2) is 6.00. The summed E-state index contributed by atoms with van der Waals surface area (Å²) in [5.41, 5.74) is 0. The molecule has 0 saturated heterocycles. The van der Waals surface area contributed by atoms with Gasteiger partial charge in [0.05, 0.1) is 11.9 Å². The highest BCUT2D eigenvalue weighted by Gasteiger charge is 2.40. The standard InChI is InChI=1S/C12H14F4N4S/c1-3-6-4-7-8(18-5-12(15,16)10(13)14)19-11(17-2)20-9(7)21-6/h4,10H,3,5H2,1-2H3,(H2,17,18,19,20). The van der Waals surface area contributed by atoms with Gasteiger partial charge in [-0.1, -0.05) is 6.92 Å². The van der Waals surface area contributed by atoms with Gasteiger partial charge in [-0.25, -0.2) is 13.8 Å². The van der Waals surface area contributed by atoms with Crippen molar-refractivity contribution in [3.05, 3.63) is 10.9 Å². The zero-order valence-corrected chi connectivity index (χ0v) is 12.2. The highest BCUT2D eigenvalue weighted by molar-refractivity contribution is 7.18. The minimum absolute atomic E-state index is 0.126. The Kier molecular flexibility index (Phi) is 4.50. The minimum atomic E-state index is -4.11. The zero-order chi connectivity index (χ0) is 15.6. The van der Waals surface area contributed by atoms with E-state index in [1.54, 1.807) is 13.1 Å². The highest BCUT2D eigenvalue weighted by atomic mass is 32.1. The maximum atomic E-state index is 13.0. The molecule has 0 aliphatic rings. The third kappa shape index (κ3) is 3.34. The average molecular weight is 322 g/mol. The van der Waals surface area contributed by atoms with Crippen LogP contribution in [0.3, 0.4) is 0 Å². The number of hydrogen-bond donors (Lipinski definition) is 2. The van der Waals surface area contributed by atoms with E-state index in [1.165, 1.54) is 11.3 Å². The number of aryl methyl sites for hydroxylation is 1. The summed E-state index contributed by atoms with van der Waals surface area (Å²) in [5.74, 6) is -3.74. The molecule has 0 atom stereocenters. The van der Waals surface area contributed by atoms with E-state index in [1.807, 2.05) is 6.92 Å². The van der Waals surface area contributed by atoms with Gasteiger partial charge >= 0.3 is 12.3 Å². The van der Waals surface area contributed by atoms with Crippen LogP contribution in [0, 0.1) is 0 Å². The number of aromatic nitrogens is 2. The summed E-state index contributed by atoms with van der Waals surface area (Å²) >= 11 is 1.41. The molecule has 2 aromatic rings. The van der Waals surface area contributed by atoms with Crippen molar-refractivity contribution in [2.24, 2.45) is 0 Å². The molecule has 0 fully saturated rings. The van der Waals surface area contributed by atoms with Crippen molar-refractivity contribution >= 4 is 33.3 Å². The van der Waals surface area contributed by atoms with Crippen LogP contribution in [0.5, 0.6) is 0 Å². The molecular weight excluding hydrogens is 308 g/mol. The van der Waals surface area contributed by atoms with Gasteiger partial charge in [-0.15, -0.1) is 11.3 Å². The van der Waals surface area contributed by atoms with Crippen LogP contribution in [0.2, 0.25) is 0 Å². The Hall–Kier alpha value is -1.64. The summed E-state index contributed by atoms with van der Waals surface area (Å²) < 4.78 is 50.4. The summed E-state index contributed by atoms with van der Waals surface area (Å²) in [6.07, 6.45) is -2.96. The van der Waals surface area contributed by atoms with Gasteiger partial charge in [0.15, 0.2) is 0 Å². The molecule has 2 rings (SSSR count). The summed E-state index contributed by atoms with van der Waals surface area (Å²) in [6.45, 7) is 0.770. The van der Waals surface area contributed by atoms with Crippen LogP contribution in [0.4, 0.5) is 29.3 Å². The van der Waals surface area contributed by atoms with Crippen molar-refractivity contribution in [2.45, 2.75) is 25.7 Å². The minimum Gasteiger partial charge on any atom is -0.363 e. The van der Waals surface area contributed by atoms with Crippen molar-refractivity contribution < 1.29 is 17.6 Å². The number of halogens is 4. The van der Waals surface area contributed by atoms with E-state index in [9.17, 15) is 17.6 Å². The van der Waals surface area contributed by atoms with Crippen LogP contribution in [-0.4, -0.2) is 35.9 Å². The van der Waals surface area contributed by atoms with Crippen LogP contribution < -0.4 is 10.6 Å². The largest absolute Gasteiger partial charge is 0.363 e. The Bertz CT molecular complexity index is 629. The number of nitrogens with one attached hydrogen (secondary N) is 2. The van der Waals surface area contributed by atoms with Gasteiger partial charge in [-0.3, -0.25) is 0 Å². The average Bonchev–Trinajstić information content (AvgIpc) is 2.87. The molecular formula is C12H14F4N4S. The van der Waals surface area contributed by atoms with Crippen LogP contribution in [0.1, 0.15) is 11.8 Å². The number of hydrogen-bond acceptors (Lipinski definition) is 5. The van der Waals surface area contributed by atoms with Crippen LogP contribution in [0.25, 0.3) is 10.2 Å². The molecule has 2 N–H and O–H groups in total. The van der Waals surface area contributed by atoms with Crippen LogP contribution >= 0.6 is 11.3 Å². The zero-order valence-electron chi connectivity index (χ0n) is 11.4. The molecule has 0 bridgehead atoms. The number of alkyl halides is 4. The molecule has 2 heterocycles. The first-order chi connectivity index (χ1) is 9.87. The van der Waals surface area contributed by atoms with Gasteiger partial charge in [0.25, 0.3) is 0 Å². The van der Waals surface area contributed by atoms with E-state index in [0.29, 0.717) is 10.2 Å². The van der Waals surface area contributed by atoms with Gasteiger partial charge in [-0.05, 0) is 12.5 Å². The van der Waals surface area contributed by atoms with Gasteiger partial charge in [-0.2, -0.15) is 13.8 Å². The van der Waals surface area contributed by atoms with E-state index in [-0.39, 0.29) is 11.8 Å². The van der Waals surface area contributed by atoms with Crippen molar-refractivity contribution in [3.8, 4) is 0 Å². The topological polar surface area (TPSA) is 49.8 Å². The van der Waals surface area contributed by atoms with Crippen molar-refractivity contribution in [1.82, 2.24) is 9.97 Å². The number of thiophene rings is 1. The molecule has 0 aliphatic carbocycles. The first-order valence-electron chi connectivity index (χ1n) is 6.25. The lowest BCUT2D eigenvalue weighted by atomic mass is 10.3. The van der Waals surface area contributed by atoms with Crippen molar-refractivity contribution in [3.63, 3.8) is 0 Å². The number of rotatable bonds is 6. The molecule has 0 aliphatic heterocycles. The molecule has 0 saturated carbocycles. The first-order valence-corrected chi connectivity index (χ1v) is 7.07. The normalized spacial score (nSPS) is 12.1. The summed E-state index contributed by atoms with van der Waals surface area (Å²) in [7, 11) is 1.59. The van der Waals surface area contributed by atoms with E-state index < -0.39 is 18.9 Å². The van der Waals surface area contributed by atoms with Gasteiger partial charge in [0.1, 0.15) is 10.6 Å². The summed E-state index contributed by atoms with van der Waals surface area (Å²) in [4.78, 5) is 9.88. The van der Waals surface area contributed by atoms with E-state index >= 15 is 0 Å². The molecule has 2 aromatic heterocycles. The lowest BCUT2D eigenvalue weighted by Crippen LogP contribution is -2.35. The molecule has 4 nitrogen and oxygen atoms in total. The second-order valence-electron chi connectivity index (χ2n) is 4.35. The lowest BCUT2D eigenvalue weighted by Gasteiger charge is -2.16. The highest BCUT2D eigenvalue weighted by Crippen LogP contribution is 2.31. The van der Waals surface area contributed by atoms with Crippen molar-refractivity contribution in [1.29, 1.82) is 0 Å². The molecule has 0 spiro atoms. The second-order valence-corrected chi connectivity index (χ2v) is 5.46. The maximum Gasteiger partial charge on any atom is 0.324 e. The fourth-order valence-electron chi connectivity index (χ4n) is 1.67. The predicted octanol–water partition coefficient (Wildman–Crippen LogP) is 3.61. The Balaban J connectivity index is 2.35. The van der Waals surface area contributed by atoms with Gasteiger partial charge < -0.3 is 10.6 Å². The van der Waals surface area contributed by atoms with E-state index in [0.717, 1.165) is 11.3 Å². The number of nitrogens with zero attached hydrogens (tertiary/aromatic N) is 2. The van der Waals surface area contributed by atoms with Crippen LogP contribution in [0.15, 0.2) is 6.07 Å². The first kappa shape index (κ1) is 15.7. The lowest BCUT2D eigenvalue weighted by molar-refractivity contribution is -0.117. The van der Waals surface area contributed by atoms with Gasteiger partial charge in [0.2, 0.25) is 5.95 Å². The number of anilines is 2. The molecule has 21 heavy (non-hydrogen) atoms. The van der Waals surface area contributed by atoms with Crippen LogP contribution in [-0.2, 0) is 6.42 Å². The molecule has 116 valence electrons. The molecule has 0 amide bonds. The van der Waals surface area contributed by atoms with Gasteiger partial charge in [0, 0.05) is 11.9 Å². The number of fused-ring (bicyclic) bond motifs is 1. The third-order valence-corrected chi connectivity index (χ3v) is 4.00. The Morgan fingerprint density at radius 1 is 1.33 bits per heavy atom. The maximum absolute atomic E-state index is 13.0. The fraction of sp³-hybridized carbons (Fsp3) is 0.500. The fourth-order valence-corrected chi connectivity index (χ4v) is 2.64. The third-order valence-electron chi connectivity index (χ3n) is 2.83. The quantitative estimate of drug-likeness (QED) is 0.798. The SMILES string of the molecule is CCc1cc2c(NCC(F)(F)C(F)F)nc(NC)nc2s1. The van der Waals surface area contributed by atoms with Crippen molar-refractivity contribution in [2.75, 3.05) is 24.2 Å². The Labute approximate surface area is 122 Å². The summed E-state index contributed by atoms with van der Waals surface area (Å²) in [6, 6.07) is 1.78. The predicted molar refractivity (Wildman–Crippen MR) is 75.8 cm³/mol. The molecule has 9 heteroatoms. The molecule has 0 radical (unpaired) electrons. The summed E-state index contributed by atoms with van der Waals surface area (Å²) in [5, 5.41) is 5.58.